The van der Waals surface area contributed by atoms with Gasteiger partial charge in [0.1, 0.15) is 0 Å². The zero-order valence-corrected chi connectivity index (χ0v) is 16.9. The second kappa shape index (κ2) is 9.37. The van der Waals surface area contributed by atoms with E-state index in [1.807, 2.05) is 12.1 Å². The molecule has 0 amide bonds. The van der Waals surface area contributed by atoms with Gasteiger partial charge in [-0.1, -0.05) is 25.0 Å². The first-order valence-electron chi connectivity index (χ1n) is 9.11. The Kier molecular flexibility index (Phi) is 7.46. The predicted molar refractivity (Wildman–Crippen MR) is 105 cm³/mol. The molecule has 1 fully saturated rings. The van der Waals surface area contributed by atoms with Crippen LogP contribution in [0.1, 0.15) is 37.7 Å². The highest BCUT2D eigenvalue weighted by atomic mass is 32.2. The van der Waals surface area contributed by atoms with Crippen molar-refractivity contribution in [1.29, 1.82) is 0 Å². The van der Waals surface area contributed by atoms with Gasteiger partial charge in [0.25, 0.3) is 0 Å². The van der Waals surface area contributed by atoms with Crippen LogP contribution in [-0.2, 0) is 21.1 Å². The molecular formula is C19H31N3O3S. The summed E-state index contributed by atoms with van der Waals surface area (Å²) in [6.45, 7) is 2.28. The Hall–Kier alpha value is -1.60. The number of hydrogen-bond donors (Lipinski definition) is 2. The van der Waals surface area contributed by atoms with Gasteiger partial charge in [-0.2, -0.15) is 0 Å². The van der Waals surface area contributed by atoms with E-state index < -0.39 is 9.84 Å². The summed E-state index contributed by atoms with van der Waals surface area (Å²) >= 11 is 0. The fraction of sp³-hybridized carbons (Fsp3) is 0.632. The number of nitrogens with zero attached hydrogens (tertiary/aromatic N) is 1. The van der Waals surface area contributed by atoms with Crippen LogP contribution >= 0.6 is 0 Å². The second-order valence-corrected chi connectivity index (χ2v) is 9.16. The Labute approximate surface area is 157 Å². The van der Waals surface area contributed by atoms with E-state index in [1.54, 1.807) is 26.3 Å². The molecule has 0 aliphatic heterocycles. The van der Waals surface area contributed by atoms with Gasteiger partial charge in [0, 0.05) is 40.1 Å². The highest BCUT2D eigenvalue weighted by Gasteiger charge is 2.33. The standard InChI is InChI=1S/C19H31N3O3S/c1-20-18(22-15-19(12-13-25-2)10-4-5-11-19)21-14-16-6-8-17(9-7-16)26(3,23)24/h6-9H,4-5,10-15H2,1-3H3,(H2,20,21,22). The minimum absolute atomic E-state index is 0.296. The average Bonchev–Trinajstić information content (AvgIpc) is 3.09. The van der Waals surface area contributed by atoms with E-state index in [0.29, 0.717) is 16.9 Å². The van der Waals surface area contributed by atoms with E-state index in [9.17, 15) is 8.42 Å². The van der Waals surface area contributed by atoms with Crippen molar-refractivity contribution in [2.24, 2.45) is 10.4 Å². The Balaban J connectivity index is 1.87. The van der Waals surface area contributed by atoms with Crippen LogP contribution in [0.25, 0.3) is 0 Å². The smallest absolute Gasteiger partial charge is 0.191 e. The summed E-state index contributed by atoms with van der Waals surface area (Å²) < 4.78 is 28.3. The van der Waals surface area contributed by atoms with E-state index >= 15 is 0 Å². The third-order valence-electron chi connectivity index (χ3n) is 5.17. The molecule has 0 atom stereocenters. The van der Waals surface area contributed by atoms with Gasteiger partial charge in [0.05, 0.1) is 4.90 Å². The van der Waals surface area contributed by atoms with Crippen LogP contribution in [0.15, 0.2) is 34.2 Å². The largest absolute Gasteiger partial charge is 0.385 e. The maximum Gasteiger partial charge on any atom is 0.191 e. The molecule has 6 nitrogen and oxygen atoms in total. The minimum Gasteiger partial charge on any atom is -0.385 e. The van der Waals surface area contributed by atoms with Crippen molar-refractivity contribution < 1.29 is 13.2 Å². The van der Waals surface area contributed by atoms with Crippen LogP contribution in [0.4, 0.5) is 0 Å². The topological polar surface area (TPSA) is 79.8 Å². The molecule has 0 radical (unpaired) electrons. The zero-order chi connectivity index (χ0) is 19.0. The van der Waals surface area contributed by atoms with Crippen LogP contribution in [-0.4, -0.2) is 47.9 Å². The summed E-state index contributed by atoms with van der Waals surface area (Å²) in [5, 5.41) is 6.75. The third kappa shape index (κ3) is 5.99. The molecule has 1 aliphatic rings. The maximum absolute atomic E-state index is 11.5. The first-order chi connectivity index (χ1) is 12.4. The number of benzene rings is 1. The van der Waals surface area contributed by atoms with Gasteiger partial charge in [-0.3, -0.25) is 4.99 Å². The van der Waals surface area contributed by atoms with Crippen molar-refractivity contribution in [3.8, 4) is 0 Å². The van der Waals surface area contributed by atoms with Crippen LogP contribution in [0.2, 0.25) is 0 Å². The molecule has 2 rings (SSSR count). The lowest BCUT2D eigenvalue weighted by Gasteiger charge is -2.30. The number of nitrogens with one attached hydrogen (secondary N) is 2. The van der Waals surface area contributed by atoms with Gasteiger partial charge in [-0.15, -0.1) is 0 Å². The molecule has 146 valence electrons. The number of hydrogen-bond acceptors (Lipinski definition) is 4. The molecule has 0 spiro atoms. The molecule has 0 saturated heterocycles. The fourth-order valence-corrected chi connectivity index (χ4v) is 4.12. The van der Waals surface area contributed by atoms with Crippen molar-refractivity contribution in [2.75, 3.05) is 33.6 Å². The first kappa shape index (κ1) is 20.7. The molecule has 1 saturated carbocycles. The van der Waals surface area contributed by atoms with Crippen molar-refractivity contribution >= 4 is 15.8 Å². The average molecular weight is 382 g/mol. The number of ether oxygens (including phenoxy) is 1. The summed E-state index contributed by atoms with van der Waals surface area (Å²) in [7, 11) is 0.363. The van der Waals surface area contributed by atoms with E-state index in [2.05, 4.69) is 15.6 Å². The normalized spacial score (nSPS) is 17.3. The molecular weight excluding hydrogens is 350 g/mol. The fourth-order valence-electron chi connectivity index (χ4n) is 3.49. The van der Waals surface area contributed by atoms with Crippen molar-refractivity contribution in [3.63, 3.8) is 0 Å². The number of guanidine groups is 1. The molecule has 0 unspecified atom stereocenters. The lowest BCUT2D eigenvalue weighted by atomic mass is 9.83. The number of methoxy groups -OCH3 is 1. The minimum atomic E-state index is -3.15. The molecule has 1 aromatic carbocycles. The highest BCUT2D eigenvalue weighted by molar-refractivity contribution is 7.90. The lowest BCUT2D eigenvalue weighted by Crippen LogP contribution is -2.43. The summed E-state index contributed by atoms with van der Waals surface area (Å²) in [5.74, 6) is 0.765. The van der Waals surface area contributed by atoms with Crippen molar-refractivity contribution in [3.05, 3.63) is 29.8 Å². The number of aliphatic imine (C=N–C) groups is 1. The monoisotopic (exact) mass is 381 g/mol. The van der Waals surface area contributed by atoms with Crippen molar-refractivity contribution in [1.82, 2.24) is 10.6 Å². The molecule has 1 aliphatic carbocycles. The van der Waals surface area contributed by atoms with E-state index in [-0.39, 0.29) is 0 Å². The molecule has 0 aromatic heterocycles. The summed E-state index contributed by atoms with van der Waals surface area (Å²) in [4.78, 5) is 4.64. The van der Waals surface area contributed by atoms with Crippen LogP contribution in [0.3, 0.4) is 0 Å². The van der Waals surface area contributed by atoms with E-state index in [0.717, 1.165) is 31.1 Å². The number of sulfone groups is 1. The molecule has 0 heterocycles. The molecule has 7 heteroatoms. The quantitative estimate of drug-likeness (QED) is 0.534. The molecule has 26 heavy (non-hydrogen) atoms. The lowest BCUT2D eigenvalue weighted by molar-refractivity contribution is 0.138. The Morgan fingerprint density at radius 2 is 1.85 bits per heavy atom. The van der Waals surface area contributed by atoms with Gasteiger partial charge in [0.15, 0.2) is 15.8 Å². The first-order valence-corrected chi connectivity index (χ1v) is 11.0. The summed E-state index contributed by atoms with van der Waals surface area (Å²) in [5.41, 5.74) is 1.31. The van der Waals surface area contributed by atoms with E-state index in [1.165, 1.54) is 31.9 Å². The maximum atomic E-state index is 11.5. The summed E-state index contributed by atoms with van der Waals surface area (Å²) in [6.07, 6.45) is 7.31. The van der Waals surface area contributed by atoms with E-state index in [4.69, 9.17) is 4.74 Å². The Morgan fingerprint density at radius 1 is 1.19 bits per heavy atom. The molecule has 0 bridgehead atoms. The van der Waals surface area contributed by atoms with Crippen LogP contribution in [0.5, 0.6) is 0 Å². The van der Waals surface area contributed by atoms with Gasteiger partial charge in [0.2, 0.25) is 0 Å². The van der Waals surface area contributed by atoms with Crippen molar-refractivity contribution in [2.45, 2.75) is 43.5 Å². The van der Waals surface area contributed by atoms with Gasteiger partial charge in [-0.25, -0.2) is 8.42 Å². The predicted octanol–water partition coefficient (Wildman–Crippen LogP) is 2.35. The van der Waals surface area contributed by atoms with Gasteiger partial charge >= 0.3 is 0 Å². The third-order valence-corrected chi connectivity index (χ3v) is 6.30. The number of rotatable bonds is 8. The molecule has 2 N–H and O–H groups in total. The Morgan fingerprint density at radius 3 is 2.38 bits per heavy atom. The Bertz CT molecular complexity index is 693. The highest BCUT2D eigenvalue weighted by Crippen LogP contribution is 2.40. The van der Waals surface area contributed by atoms with Gasteiger partial charge < -0.3 is 15.4 Å². The van der Waals surface area contributed by atoms with Crippen LogP contribution in [0, 0.1) is 5.41 Å². The summed E-state index contributed by atoms with van der Waals surface area (Å²) in [6, 6.07) is 6.93. The zero-order valence-electron chi connectivity index (χ0n) is 16.0. The SMILES string of the molecule is CN=C(NCc1ccc(S(C)(=O)=O)cc1)NCC1(CCOC)CCCC1. The second-order valence-electron chi connectivity index (χ2n) is 7.15. The van der Waals surface area contributed by atoms with Gasteiger partial charge in [-0.05, 0) is 42.4 Å². The molecule has 1 aromatic rings. The van der Waals surface area contributed by atoms with Crippen LogP contribution < -0.4 is 10.6 Å².